The molecule has 1 fully saturated rings. The second kappa shape index (κ2) is 7.80. The van der Waals surface area contributed by atoms with E-state index in [0.29, 0.717) is 26.2 Å². The van der Waals surface area contributed by atoms with Gasteiger partial charge in [-0.1, -0.05) is 18.2 Å². The molecule has 8 heteroatoms. The first-order valence-corrected chi connectivity index (χ1v) is 9.28. The first-order valence-electron chi connectivity index (χ1n) is 7.13. The number of carbonyl (C=O) groups excluding carboxylic acids is 1. The molecule has 1 aliphatic heterocycles. The van der Waals surface area contributed by atoms with E-state index in [-0.39, 0.29) is 24.1 Å². The van der Waals surface area contributed by atoms with Gasteiger partial charge in [0.2, 0.25) is 15.9 Å². The zero-order valence-corrected chi connectivity index (χ0v) is 13.8. The Labute approximate surface area is 136 Å². The Balaban J connectivity index is 1.84. The number of rotatable bonds is 6. The zero-order valence-electron chi connectivity index (χ0n) is 12.2. The number of carbonyl (C=O) groups is 1. The standard InChI is InChI=1S/C14H20ClN3O3S/c15-12-14(19)16-6-11-22(20,21)18-9-7-17(8-10-18)13-4-2-1-3-5-13/h1-5H,6-12H2,(H,16,19). The molecule has 0 aromatic heterocycles. The molecule has 0 atom stereocenters. The largest absolute Gasteiger partial charge is 0.369 e. The average Bonchev–Trinajstić information content (AvgIpc) is 2.55. The number of nitrogens with zero attached hydrogens (tertiary/aromatic N) is 2. The molecule has 0 radical (unpaired) electrons. The molecule has 1 aromatic carbocycles. The number of alkyl halides is 1. The van der Waals surface area contributed by atoms with Gasteiger partial charge in [-0.3, -0.25) is 4.79 Å². The van der Waals surface area contributed by atoms with E-state index in [9.17, 15) is 13.2 Å². The van der Waals surface area contributed by atoms with Crippen LogP contribution in [-0.2, 0) is 14.8 Å². The summed E-state index contributed by atoms with van der Waals surface area (Å²) in [6.07, 6.45) is 0. The highest BCUT2D eigenvalue weighted by Crippen LogP contribution is 2.16. The van der Waals surface area contributed by atoms with Gasteiger partial charge >= 0.3 is 0 Å². The van der Waals surface area contributed by atoms with Crippen LogP contribution in [0.25, 0.3) is 0 Å². The van der Waals surface area contributed by atoms with Crippen molar-refractivity contribution in [2.24, 2.45) is 0 Å². The van der Waals surface area contributed by atoms with Crippen molar-refractivity contribution in [1.29, 1.82) is 0 Å². The minimum atomic E-state index is -3.34. The first kappa shape index (κ1) is 17.1. The van der Waals surface area contributed by atoms with Gasteiger partial charge in [-0.15, -0.1) is 11.6 Å². The highest BCUT2D eigenvalue weighted by atomic mass is 35.5. The molecule has 1 saturated heterocycles. The van der Waals surface area contributed by atoms with E-state index in [1.165, 1.54) is 4.31 Å². The number of sulfonamides is 1. The summed E-state index contributed by atoms with van der Waals surface area (Å²) in [6, 6.07) is 9.94. The van der Waals surface area contributed by atoms with Gasteiger partial charge in [0, 0.05) is 38.4 Å². The van der Waals surface area contributed by atoms with Crippen LogP contribution >= 0.6 is 11.6 Å². The zero-order chi connectivity index (χ0) is 16.0. The summed E-state index contributed by atoms with van der Waals surface area (Å²) in [5.41, 5.74) is 1.11. The summed E-state index contributed by atoms with van der Waals surface area (Å²) >= 11 is 5.35. The number of anilines is 1. The van der Waals surface area contributed by atoms with E-state index >= 15 is 0 Å². The summed E-state index contributed by atoms with van der Waals surface area (Å²) in [6.45, 7) is 2.34. The molecule has 1 N–H and O–H groups in total. The first-order chi connectivity index (χ1) is 10.5. The van der Waals surface area contributed by atoms with Crippen molar-refractivity contribution in [2.45, 2.75) is 0 Å². The van der Waals surface area contributed by atoms with Crippen molar-refractivity contribution in [3.63, 3.8) is 0 Å². The van der Waals surface area contributed by atoms with Gasteiger partial charge in [-0.25, -0.2) is 8.42 Å². The number of piperazine rings is 1. The molecule has 0 aliphatic carbocycles. The third-order valence-electron chi connectivity index (χ3n) is 3.56. The Morgan fingerprint density at radius 3 is 2.36 bits per heavy atom. The molecule has 0 bridgehead atoms. The molecule has 1 heterocycles. The Morgan fingerprint density at radius 1 is 1.14 bits per heavy atom. The Morgan fingerprint density at radius 2 is 1.77 bits per heavy atom. The highest BCUT2D eigenvalue weighted by Gasteiger charge is 2.26. The van der Waals surface area contributed by atoms with Crippen LogP contribution in [0.4, 0.5) is 5.69 Å². The average molecular weight is 346 g/mol. The van der Waals surface area contributed by atoms with Gasteiger partial charge in [0.1, 0.15) is 5.88 Å². The number of amides is 1. The van der Waals surface area contributed by atoms with Gasteiger partial charge in [0.25, 0.3) is 0 Å². The molecular formula is C14H20ClN3O3S. The van der Waals surface area contributed by atoms with Crippen molar-refractivity contribution >= 4 is 33.2 Å². The topological polar surface area (TPSA) is 69.7 Å². The van der Waals surface area contributed by atoms with E-state index < -0.39 is 10.0 Å². The number of halogens is 1. The molecule has 122 valence electrons. The Bertz CT molecular complexity index is 587. The number of hydrogen-bond acceptors (Lipinski definition) is 4. The van der Waals surface area contributed by atoms with Gasteiger partial charge in [-0.05, 0) is 12.1 Å². The van der Waals surface area contributed by atoms with Crippen LogP contribution in [0.3, 0.4) is 0 Å². The number of para-hydroxylation sites is 1. The second-order valence-electron chi connectivity index (χ2n) is 5.02. The maximum Gasteiger partial charge on any atom is 0.234 e. The second-order valence-corrected chi connectivity index (χ2v) is 7.38. The molecule has 0 unspecified atom stereocenters. The lowest BCUT2D eigenvalue weighted by Gasteiger charge is -2.35. The van der Waals surface area contributed by atoms with E-state index in [4.69, 9.17) is 11.6 Å². The van der Waals surface area contributed by atoms with Gasteiger partial charge in [0.15, 0.2) is 0 Å². The number of hydrogen-bond donors (Lipinski definition) is 1. The molecule has 6 nitrogen and oxygen atoms in total. The third-order valence-corrected chi connectivity index (χ3v) is 5.67. The van der Waals surface area contributed by atoms with E-state index in [0.717, 1.165) is 5.69 Å². The van der Waals surface area contributed by atoms with Crippen molar-refractivity contribution in [1.82, 2.24) is 9.62 Å². The van der Waals surface area contributed by atoms with Crippen LogP contribution in [0, 0.1) is 0 Å². The summed E-state index contributed by atoms with van der Waals surface area (Å²) in [7, 11) is -3.34. The lowest BCUT2D eigenvalue weighted by atomic mass is 10.2. The van der Waals surface area contributed by atoms with Crippen LogP contribution in [0.5, 0.6) is 0 Å². The Hall–Kier alpha value is -1.31. The summed E-state index contributed by atoms with van der Waals surface area (Å²) < 4.78 is 25.9. The van der Waals surface area contributed by atoms with Crippen molar-refractivity contribution < 1.29 is 13.2 Å². The monoisotopic (exact) mass is 345 g/mol. The van der Waals surface area contributed by atoms with Gasteiger partial charge in [0.05, 0.1) is 5.75 Å². The normalized spacial score (nSPS) is 16.5. The number of nitrogens with one attached hydrogen (secondary N) is 1. The third kappa shape index (κ3) is 4.59. The summed E-state index contributed by atoms with van der Waals surface area (Å²) in [4.78, 5) is 13.2. The SMILES string of the molecule is O=C(CCl)NCCS(=O)(=O)N1CCN(c2ccccc2)CC1. The minimum absolute atomic E-state index is 0.0901. The molecule has 1 aliphatic rings. The van der Waals surface area contributed by atoms with Crippen LogP contribution in [-0.4, -0.2) is 63.0 Å². The van der Waals surface area contributed by atoms with Gasteiger partial charge < -0.3 is 10.2 Å². The molecule has 1 amide bonds. The molecule has 1 aromatic rings. The lowest BCUT2D eigenvalue weighted by molar-refractivity contribution is -0.118. The van der Waals surface area contributed by atoms with Gasteiger partial charge in [-0.2, -0.15) is 4.31 Å². The summed E-state index contributed by atoms with van der Waals surface area (Å²) in [5.74, 6) is -0.609. The smallest absolute Gasteiger partial charge is 0.234 e. The summed E-state index contributed by atoms with van der Waals surface area (Å²) in [5, 5.41) is 2.48. The quantitative estimate of drug-likeness (QED) is 0.762. The lowest BCUT2D eigenvalue weighted by Crippen LogP contribution is -2.50. The predicted octanol–water partition coefficient (Wildman–Crippen LogP) is 0.493. The fraction of sp³-hybridized carbons (Fsp3) is 0.500. The van der Waals surface area contributed by atoms with E-state index in [1.54, 1.807) is 0 Å². The minimum Gasteiger partial charge on any atom is -0.369 e. The van der Waals surface area contributed by atoms with Crippen molar-refractivity contribution in [3.05, 3.63) is 30.3 Å². The molecule has 22 heavy (non-hydrogen) atoms. The highest BCUT2D eigenvalue weighted by molar-refractivity contribution is 7.89. The fourth-order valence-corrected chi connectivity index (χ4v) is 3.79. The van der Waals surface area contributed by atoms with Crippen LogP contribution in [0.1, 0.15) is 0 Å². The van der Waals surface area contributed by atoms with Crippen LogP contribution < -0.4 is 10.2 Å². The predicted molar refractivity (Wildman–Crippen MR) is 87.7 cm³/mol. The van der Waals surface area contributed by atoms with Crippen LogP contribution in [0.15, 0.2) is 30.3 Å². The maximum absolute atomic E-state index is 12.2. The fourth-order valence-electron chi connectivity index (χ4n) is 2.36. The van der Waals surface area contributed by atoms with E-state index in [2.05, 4.69) is 10.2 Å². The molecule has 2 rings (SSSR count). The van der Waals surface area contributed by atoms with Crippen molar-refractivity contribution in [2.75, 3.05) is 49.3 Å². The molecule has 0 saturated carbocycles. The molecule has 0 spiro atoms. The maximum atomic E-state index is 12.2. The van der Waals surface area contributed by atoms with E-state index in [1.807, 2.05) is 30.3 Å². The molecular weight excluding hydrogens is 326 g/mol. The Kier molecular flexibility index (Phi) is 6.05. The van der Waals surface area contributed by atoms with Crippen LogP contribution in [0.2, 0.25) is 0 Å². The van der Waals surface area contributed by atoms with Crippen molar-refractivity contribution in [3.8, 4) is 0 Å². The number of benzene rings is 1.